The molecule has 132 valence electrons. The molecule has 0 N–H and O–H groups in total. The molecule has 1 heterocycles. The van der Waals surface area contributed by atoms with Crippen LogP contribution in [0.5, 0.6) is 0 Å². The molecule has 1 saturated heterocycles. The Labute approximate surface area is 152 Å². The van der Waals surface area contributed by atoms with Gasteiger partial charge in [-0.25, -0.2) is 0 Å². The summed E-state index contributed by atoms with van der Waals surface area (Å²) in [7, 11) is -2.56. The SMILES string of the molecule is C=C(CCCCC)P1(=O)[C@@H](c2ccccc2)CC[C@@H]1c1ccccc1. The van der Waals surface area contributed by atoms with E-state index >= 15 is 0 Å². The molecule has 1 aliphatic rings. The third kappa shape index (κ3) is 3.67. The van der Waals surface area contributed by atoms with Crippen molar-refractivity contribution in [3.63, 3.8) is 0 Å². The van der Waals surface area contributed by atoms with Crippen molar-refractivity contribution in [2.45, 2.75) is 56.8 Å². The van der Waals surface area contributed by atoms with E-state index in [4.69, 9.17) is 0 Å². The minimum Gasteiger partial charge on any atom is -0.318 e. The standard InChI is InChI=1S/C23H29OP/c1-3-4-7-12-19(2)25(24)22(20-13-8-5-9-14-20)17-18-23(25)21-15-10-6-11-16-21/h5-6,8-11,13-16,22-23H,2-4,7,12,17-18H2,1H3/t22-,23-/m1/s1. The molecule has 2 aromatic carbocycles. The molecule has 3 rings (SSSR count). The highest BCUT2D eigenvalue weighted by Gasteiger charge is 2.48. The minimum absolute atomic E-state index is 0.132. The number of hydrogen-bond donors (Lipinski definition) is 0. The van der Waals surface area contributed by atoms with Crippen molar-refractivity contribution < 1.29 is 4.57 Å². The van der Waals surface area contributed by atoms with Crippen molar-refractivity contribution in [3.05, 3.63) is 83.7 Å². The Morgan fingerprint density at radius 3 is 1.84 bits per heavy atom. The van der Waals surface area contributed by atoms with E-state index in [1.54, 1.807) is 0 Å². The van der Waals surface area contributed by atoms with Crippen molar-refractivity contribution >= 4 is 7.14 Å². The van der Waals surface area contributed by atoms with Gasteiger partial charge in [-0.2, -0.15) is 0 Å². The van der Waals surface area contributed by atoms with Crippen LogP contribution in [0.1, 0.15) is 67.9 Å². The average molecular weight is 352 g/mol. The molecule has 0 aromatic heterocycles. The summed E-state index contributed by atoms with van der Waals surface area (Å²) in [5, 5.41) is 1.01. The first-order chi connectivity index (χ1) is 12.2. The quantitative estimate of drug-likeness (QED) is 0.368. The van der Waals surface area contributed by atoms with Crippen LogP contribution >= 0.6 is 7.14 Å². The number of rotatable bonds is 7. The number of unbranched alkanes of at least 4 members (excludes halogenated alkanes) is 2. The third-order valence-electron chi connectivity index (χ3n) is 5.57. The third-order valence-corrected chi connectivity index (χ3v) is 9.75. The smallest absolute Gasteiger partial charge is 0.125 e. The lowest BCUT2D eigenvalue weighted by Gasteiger charge is -2.29. The van der Waals surface area contributed by atoms with Gasteiger partial charge in [0.15, 0.2) is 0 Å². The Morgan fingerprint density at radius 2 is 1.40 bits per heavy atom. The van der Waals surface area contributed by atoms with Crippen LogP contribution in [0.2, 0.25) is 0 Å². The molecule has 0 spiro atoms. The number of benzene rings is 2. The van der Waals surface area contributed by atoms with Gasteiger partial charge in [-0.1, -0.05) is 87.0 Å². The Kier molecular flexibility index (Phi) is 5.97. The first kappa shape index (κ1) is 18.2. The molecule has 2 heteroatoms. The van der Waals surface area contributed by atoms with Crippen LogP contribution in [0.25, 0.3) is 0 Å². The van der Waals surface area contributed by atoms with Gasteiger partial charge in [-0.05, 0) is 42.1 Å². The lowest BCUT2D eigenvalue weighted by molar-refractivity contribution is 0.568. The summed E-state index contributed by atoms with van der Waals surface area (Å²) in [6, 6.07) is 20.9. The zero-order valence-electron chi connectivity index (χ0n) is 15.2. The highest BCUT2D eigenvalue weighted by Crippen LogP contribution is 2.80. The first-order valence-electron chi connectivity index (χ1n) is 9.55. The van der Waals surface area contributed by atoms with Gasteiger partial charge in [-0.3, -0.25) is 0 Å². The van der Waals surface area contributed by atoms with Crippen LogP contribution in [0.4, 0.5) is 0 Å². The van der Waals surface area contributed by atoms with Gasteiger partial charge in [0.2, 0.25) is 0 Å². The first-order valence-corrected chi connectivity index (χ1v) is 11.4. The van der Waals surface area contributed by atoms with Crippen molar-refractivity contribution in [2.75, 3.05) is 0 Å². The Balaban J connectivity index is 1.97. The summed E-state index contributed by atoms with van der Waals surface area (Å²) in [5.74, 6) is 0. The second-order valence-corrected chi connectivity index (χ2v) is 10.5. The zero-order chi connectivity index (χ0) is 17.7. The van der Waals surface area contributed by atoms with Crippen molar-refractivity contribution in [1.82, 2.24) is 0 Å². The van der Waals surface area contributed by atoms with Crippen molar-refractivity contribution in [1.29, 1.82) is 0 Å². The molecule has 1 aliphatic heterocycles. The van der Waals surface area contributed by atoms with E-state index < -0.39 is 7.14 Å². The molecule has 25 heavy (non-hydrogen) atoms. The van der Waals surface area contributed by atoms with E-state index in [9.17, 15) is 4.57 Å². The van der Waals surface area contributed by atoms with E-state index in [0.29, 0.717) is 0 Å². The monoisotopic (exact) mass is 352 g/mol. The summed E-state index contributed by atoms with van der Waals surface area (Å²) in [6.07, 6.45) is 6.36. The van der Waals surface area contributed by atoms with Crippen LogP contribution in [0, 0.1) is 0 Å². The lowest BCUT2D eigenvalue weighted by atomic mass is 10.0. The molecule has 1 nitrogen and oxygen atoms in total. The number of hydrogen-bond acceptors (Lipinski definition) is 1. The van der Waals surface area contributed by atoms with Gasteiger partial charge in [0, 0.05) is 11.3 Å². The van der Waals surface area contributed by atoms with E-state index in [-0.39, 0.29) is 11.3 Å². The van der Waals surface area contributed by atoms with Gasteiger partial charge < -0.3 is 4.57 Å². The van der Waals surface area contributed by atoms with Crippen LogP contribution in [0.3, 0.4) is 0 Å². The molecule has 1 fully saturated rings. The maximum atomic E-state index is 14.5. The van der Waals surface area contributed by atoms with Crippen molar-refractivity contribution in [2.24, 2.45) is 0 Å². The molecule has 0 radical (unpaired) electrons. The molecule has 2 aromatic rings. The predicted octanol–water partition coefficient (Wildman–Crippen LogP) is 7.72. The van der Waals surface area contributed by atoms with Crippen LogP contribution in [-0.4, -0.2) is 0 Å². The molecular formula is C23H29OP. The maximum absolute atomic E-state index is 14.5. The predicted molar refractivity (Wildman–Crippen MR) is 108 cm³/mol. The van der Waals surface area contributed by atoms with E-state index in [1.165, 1.54) is 24.0 Å². The van der Waals surface area contributed by atoms with Crippen LogP contribution < -0.4 is 0 Å². The van der Waals surface area contributed by atoms with Gasteiger partial charge in [0.1, 0.15) is 7.14 Å². The molecule has 0 aliphatic carbocycles. The summed E-state index contributed by atoms with van der Waals surface area (Å²) in [5.41, 5.74) is 2.71. The fraction of sp³-hybridized carbons (Fsp3) is 0.391. The van der Waals surface area contributed by atoms with Gasteiger partial charge in [-0.15, -0.1) is 0 Å². The highest BCUT2D eigenvalue weighted by atomic mass is 31.2. The normalized spacial score (nSPS) is 22.0. The summed E-state index contributed by atoms with van der Waals surface area (Å²) in [4.78, 5) is 0. The maximum Gasteiger partial charge on any atom is 0.125 e. The van der Waals surface area contributed by atoms with E-state index in [0.717, 1.165) is 31.0 Å². The Morgan fingerprint density at radius 1 is 0.920 bits per heavy atom. The highest BCUT2D eigenvalue weighted by molar-refractivity contribution is 7.69. The zero-order valence-corrected chi connectivity index (χ0v) is 16.1. The molecule has 0 saturated carbocycles. The lowest BCUT2D eigenvalue weighted by Crippen LogP contribution is -2.01. The summed E-state index contributed by atoms with van der Waals surface area (Å²) in [6.45, 7) is 6.58. The second-order valence-electron chi connectivity index (χ2n) is 7.16. The topological polar surface area (TPSA) is 17.1 Å². The Hall–Kier alpha value is -1.59. The van der Waals surface area contributed by atoms with E-state index in [2.05, 4.69) is 62.0 Å². The summed E-state index contributed by atoms with van der Waals surface area (Å²) >= 11 is 0. The number of allylic oxidation sites excluding steroid dienone is 1. The van der Waals surface area contributed by atoms with E-state index in [1.807, 2.05) is 12.1 Å². The molecule has 0 unspecified atom stereocenters. The van der Waals surface area contributed by atoms with Crippen LogP contribution in [-0.2, 0) is 4.57 Å². The van der Waals surface area contributed by atoms with Gasteiger partial charge >= 0.3 is 0 Å². The summed E-state index contributed by atoms with van der Waals surface area (Å²) < 4.78 is 14.5. The van der Waals surface area contributed by atoms with Crippen LogP contribution in [0.15, 0.2) is 72.6 Å². The molecule has 2 atom stereocenters. The molecular weight excluding hydrogens is 323 g/mol. The van der Waals surface area contributed by atoms with Gasteiger partial charge in [0.25, 0.3) is 0 Å². The fourth-order valence-corrected chi connectivity index (χ4v) is 8.36. The van der Waals surface area contributed by atoms with Crippen molar-refractivity contribution in [3.8, 4) is 0 Å². The minimum atomic E-state index is -2.56. The molecule has 0 bridgehead atoms. The molecule has 0 amide bonds. The largest absolute Gasteiger partial charge is 0.318 e. The van der Waals surface area contributed by atoms with Gasteiger partial charge in [0.05, 0.1) is 0 Å². The fourth-order valence-electron chi connectivity index (χ4n) is 4.24. The Bertz CT molecular complexity index is 684. The second kappa shape index (κ2) is 8.19. The average Bonchev–Trinajstić information content (AvgIpc) is 3.02.